The van der Waals surface area contributed by atoms with E-state index in [9.17, 15) is 52.5 Å². The molecule has 336 valence electrons. The van der Waals surface area contributed by atoms with E-state index >= 15 is 0 Å². The normalized spacial score (nSPS) is 10.3. The van der Waals surface area contributed by atoms with E-state index in [2.05, 4.69) is 34.8 Å². The summed E-state index contributed by atoms with van der Waals surface area (Å²) in [5.74, 6) is -4.74. The summed E-state index contributed by atoms with van der Waals surface area (Å²) in [5.41, 5.74) is 5.53. The van der Waals surface area contributed by atoms with Gasteiger partial charge in [-0.3, -0.25) is 39.8 Å². The highest BCUT2D eigenvalue weighted by atomic mass is 32.2. The molecular weight excluding hydrogens is 857 g/mol. The summed E-state index contributed by atoms with van der Waals surface area (Å²) in [7, 11) is -3.75. The van der Waals surface area contributed by atoms with Crippen molar-refractivity contribution in [1.82, 2.24) is 19.9 Å². The molecule has 0 radical (unpaired) electrons. The summed E-state index contributed by atoms with van der Waals surface area (Å²) in [6, 6.07) is 20.8. The topological polar surface area (TPSA) is 328 Å². The molecule has 9 N–H and O–H groups in total. The van der Waals surface area contributed by atoms with E-state index in [4.69, 9.17) is 10.2 Å². The zero-order valence-corrected chi connectivity index (χ0v) is 36.1. The van der Waals surface area contributed by atoms with Crippen LogP contribution in [-0.2, 0) is 14.3 Å². The predicted molar refractivity (Wildman–Crippen MR) is 234 cm³/mol. The van der Waals surface area contributed by atoms with E-state index in [1.54, 1.807) is 36.4 Å². The summed E-state index contributed by atoms with van der Waals surface area (Å²) >= 11 is 0. The van der Waals surface area contributed by atoms with Crippen LogP contribution in [-0.4, -0.2) is 83.9 Å². The first-order valence-electron chi connectivity index (χ1n) is 18.4. The van der Waals surface area contributed by atoms with E-state index in [-0.39, 0.29) is 34.5 Å². The molecule has 0 saturated carbocycles. The van der Waals surface area contributed by atoms with E-state index < -0.39 is 56.7 Å². The van der Waals surface area contributed by atoms with Crippen LogP contribution in [0.3, 0.4) is 0 Å². The van der Waals surface area contributed by atoms with Gasteiger partial charge in [0, 0.05) is 17.2 Å². The van der Waals surface area contributed by atoms with E-state index in [0.717, 1.165) is 70.0 Å². The molecule has 0 atom stereocenters. The number of benzene rings is 4. The highest BCUT2D eigenvalue weighted by molar-refractivity contribution is 7.86. The first-order valence-corrected chi connectivity index (χ1v) is 20.2. The summed E-state index contributed by atoms with van der Waals surface area (Å²) in [6.45, 7) is 11.2. The van der Waals surface area contributed by atoms with Gasteiger partial charge in [-0.05, 0) is 90.1 Å². The number of aromatic hydroxyl groups is 4. The third-order valence-electron chi connectivity index (χ3n) is 7.72. The summed E-state index contributed by atoms with van der Waals surface area (Å²) < 4.78 is 25.8. The van der Waals surface area contributed by atoms with Gasteiger partial charge in [-0.15, -0.1) is 0 Å². The molecule has 6 aromatic rings. The van der Waals surface area contributed by atoms with Crippen LogP contribution in [0.5, 0.6) is 23.3 Å². The van der Waals surface area contributed by atoms with Crippen molar-refractivity contribution in [2.24, 2.45) is 0 Å². The number of phenols is 2. The van der Waals surface area contributed by atoms with Gasteiger partial charge in [-0.25, -0.2) is 9.59 Å². The van der Waals surface area contributed by atoms with Crippen LogP contribution >= 0.6 is 0 Å². The average Bonchev–Trinajstić information content (AvgIpc) is 3.12. The van der Waals surface area contributed by atoms with Crippen molar-refractivity contribution in [3.63, 3.8) is 0 Å². The molecule has 0 bridgehead atoms. The maximum Gasteiger partial charge on any atom is 0.353 e. The number of anilines is 2. The summed E-state index contributed by atoms with van der Waals surface area (Å²) in [4.78, 5) is 79.4. The Morgan fingerprint density at radius 3 is 1.17 bits per heavy atom. The number of aromatic amines is 2. The molecule has 64 heavy (non-hydrogen) atoms. The first-order chi connectivity index (χ1) is 29.7. The fourth-order valence-electron chi connectivity index (χ4n) is 5.58. The van der Waals surface area contributed by atoms with Crippen LogP contribution in [0.15, 0.2) is 94.5 Å². The van der Waals surface area contributed by atoms with Gasteiger partial charge in [-0.2, -0.15) is 18.4 Å². The molecule has 0 aliphatic rings. The third-order valence-corrected chi connectivity index (χ3v) is 8.18. The second-order valence-electron chi connectivity index (χ2n) is 14.1. The minimum absolute atomic E-state index is 0.0384. The van der Waals surface area contributed by atoms with Crippen molar-refractivity contribution in [2.45, 2.75) is 41.5 Å². The number of amides is 2. The number of rotatable bonds is 7. The minimum atomic E-state index is -3.75. The van der Waals surface area contributed by atoms with Crippen molar-refractivity contribution in [3.8, 4) is 23.3 Å². The minimum Gasteiger partial charge on any atom is -0.508 e. The van der Waals surface area contributed by atoms with Gasteiger partial charge in [0.1, 0.15) is 11.5 Å². The van der Waals surface area contributed by atoms with Crippen LogP contribution in [0.2, 0.25) is 0 Å². The highest BCUT2D eigenvalue weighted by Crippen LogP contribution is 2.21. The Labute approximate surface area is 365 Å². The Kier molecular flexibility index (Phi) is 17.2. The molecule has 0 aliphatic carbocycles. The quantitative estimate of drug-likeness (QED) is 0.0962. The third kappa shape index (κ3) is 17.3. The van der Waals surface area contributed by atoms with Gasteiger partial charge in [0.2, 0.25) is 23.7 Å². The number of carboxylic acid groups (broad SMARTS) is 1. The van der Waals surface area contributed by atoms with E-state index in [0.29, 0.717) is 11.1 Å². The van der Waals surface area contributed by atoms with Gasteiger partial charge >= 0.3 is 22.1 Å². The number of aromatic carboxylic acids is 1. The van der Waals surface area contributed by atoms with Crippen molar-refractivity contribution < 1.29 is 57.3 Å². The van der Waals surface area contributed by atoms with Gasteiger partial charge in [0.25, 0.3) is 22.9 Å². The number of hydrogen-bond donors (Lipinski definition) is 9. The molecule has 6 rings (SSSR count). The number of carboxylic acids is 1. The maximum atomic E-state index is 12.0. The second kappa shape index (κ2) is 22.0. The lowest BCUT2D eigenvalue weighted by Gasteiger charge is -2.06. The monoisotopic (exact) mass is 900 g/mol. The molecule has 2 aromatic heterocycles. The molecule has 0 aliphatic heterocycles. The standard InChI is InChI=1S/C13H13N3O3.C11H9N3O5.C10H12O4S.C9H10O2/c1-7-3-8(2)5-9(4-7)12(19)16-13-14-10(17)6-11(18)15-13;15-6-1-5(2-7(16)3-6)10(19)14-11-12-8(17)4-9(18)13-11;1-7-4-8(2)6-9(5-7)10(11)14-15(3,12)13;1-6-3-7(2)5-8(4-6)9(10)11/h3-6H,1-2H3,(H3,14,15,16,17,18,19);1-4,15-16H,(H3,12,13,14,17,18,19);4-6H,1-3H3;3-5H,1-2H3,(H,10,11). The molecule has 2 amide bonds. The molecule has 0 fully saturated rings. The SMILES string of the molecule is Cc1cc(C)cc(C(=O)Nc2nc(O)cc(=O)[nH]2)c1.Cc1cc(C)cc(C(=O)O)c1.Cc1cc(C)cc(C(=O)OS(C)(=O)=O)c1.O=C(Nc1nc(O)cc(=O)[nH]1)c1cc(O)cc(O)c1. The van der Waals surface area contributed by atoms with Crippen LogP contribution in [0, 0.1) is 41.5 Å². The maximum absolute atomic E-state index is 12.0. The largest absolute Gasteiger partial charge is 0.508 e. The smallest absolute Gasteiger partial charge is 0.353 e. The van der Waals surface area contributed by atoms with E-state index in [1.807, 2.05) is 59.7 Å². The number of carbonyl (C=O) groups is 4. The van der Waals surface area contributed by atoms with Gasteiger partial charge in [0.05, 0.1) is 29.5 Å². The average molecular weight is 901 g/mol. The highest BCUT2D eigenvalue weighted by Gasteiger charge is 2.15. The molecular formula is C43H44N6O14S. The van der Waals surface area contributed by atoms with Crippen LogP contribution < -0.4 is 21.8 Å². The number of carbonyl (C=O) groups excluding carboxylic acids is 3. The van der Waals surface area contributed by atoms with Crippen molar-refractivity contribution in [2.75, 3.05) is 16.9 Å². The second-order valence-corrected chi connectivity index (χ2v) is 15.6. The molecule has 0 unspecified atom stereocenters. The Hall–Kier alpha value is -8.33. The summed E-state index contributed by atoms with van der Waals surface area (Å²) in [5, 5.41) is 50.0. The van der Waals surface area contributed by atoms with Crippen molar-refractivity contribution >= 4 is 45.8 Å². The van der Waals surface area contributed by atoms with Crippen LogP contribution in [0.4, 0.5) is 11.9 Å². The Balaban J connectivity index is 0.000000231. The zero-order valence-electron chi connectivity index (χ0n) is 35.3. The Bertz CT molecular complexity index is 2750. The van der Waals surface area contributed by atoms with Gasteiger partial charge in [-0.1, -0.05) is 51.6 Å². The number of aromatic nitrogens is 4. The molecule has 20 nitrogen and oxygen atoms in total. The number of nitrogens with zero attached hydrogens (tertiary/aromatic N) is 2. The summed E-state index contributed by atoms with van der Waals surface area (Å²) in [6.07, 6.45) is 0.841. The van der Waals surface area contributed by atoms with Crippen LogP contribution in [0.25, 0.3) is 0 Å². The molecule has 0 saturated heterocycles. The molecule has 2 heterocycles. The lowest BCUT2D eigenvalue weighted by atomic mass is 10.1. The Morgan fingerprint density at radius 1 is 0.516 bits per heavy atom. The zero-order chi connectivity index (χ0) is 48.1. The number of phenolic OH excluding ortho intramolecular Hbond substituents is 2. The fourth-order valence-corrected chi connectivity index (χ4v) is 5.95. The lowest BCUT2D eigenvalue weighted by molar-refractivity contribution is 0.0694. The number of nitrogens with one attached hydrogen (secondary N) is 4. The van der Waals surface area contributed by atoms with E-state index in [1.165, 1.54) is 0 Å². The van der Waals surface area contributed by atoms with Gasteiger partial charge in [0.15, 0.2) is 0 Å². The Morgan fingerprint density at radius 2 is 0.844 bits per heavy atom. The number of hydrogen-bond acceptors (Lipinski definition) is 15. The number of aryl methyl sites for hydroxylation is 6. The van der Waals surface area contributed by atoms with Crippen molar-refractivity contribution in [3.05, 3.63) is 161 Å². The van der Waals surface area contributed by atoms with Crippen LogP contribution in [0.1, 0.15) is 74.8 Å². The first kappa shape index (κ1) is 50.0. The molecule has 4 aromatic carbocycles. The fraction of sp³-hybridized carbons (Fsp3) is 0.163. The molecule has 0 spiro atoms. The number of H-pyrrole nitrogens is 2. The van der Waals surface area contributed by atoms with Crippen molar-refractivity contribution in [1.29, 1.82) is 0 Å². The lowest BCUT2D eigenvalue weighted by Crippen LogP contribution is -2.17. The molecule has 21 heteroatoms. The predicted octanol–water partition coefficient (Wildman–Crippen LogP) is 4.91. The van der Waals surface area contributed by atoms with Gasteiger partial charge < -0.3 is 29.7 Å².